The molecular weight excluding hydrogens is 530 g/mol. The van der Waals surface area contributed by atoms with Crippen molar-refractivity contribution in [3.63, 3.8) is 0 Å². The fourth-order valence-corrected chi connectivity index (χ4v) is 5.27. The van der Waals surface area contributed by atoms with Gasteiger partial charge in [0.05, 0.1) is 25.3 Å². The van der Waals surface area contributed by atoms with Crippen LogP contribution < -0.4 is 10.1 Å². The number of nitrogens with one attached hydrogen (secondary N) is 1. The zero-order chi connectivity index (χ0) is 29.2. The summed E-state index contributed by atoms with van der Waals surface area (Å²) < 4.78 is 13.5. The number of pyridine rings is 1. The maximum atomic E-state index is 13.3. The van der Waals surface area contributed by atoms with Gasteiger partial charge in [-0.25, -0.2) is 14.5 Å². The maximum absolute atomic E-state index is 13.3. The van der Waals surface area contributed by atoms with E-state index in [2.05, 4.69) is 59.7 Å². The summed E-state index contributed by atoms with van der Waals surface area (Å²) in [6.45, 7) is 14.1. The van der Waals surface area contributed by atoms with E-state index in [1.165, 1.54) is 12.0 Å². The maximum Gasteiger partial charge on any atom is 0.407 e. The van der Waals surface area contributed by atoms with Crippen LogP contribution in [0.3, 0.4) is 0 Å². The van der Waals surface area contributed by atoms with Crippen molar-refractivity contribution in [3.8, 4) is 17.3 Å². The number of methoxy groups -OCH3 is 1. The Morgan fingerprint density at radius 3 is 2.62 bits per heavy atom. The molecule has 1 aromatic carbocycles. The molecule has 2 aromatic heterocycles. The van der Waals surface area contributed by atoms with E-state index < -0.39 is 20.3 Å². The minimum Gasteiger partial charge on any atom is -0.496 e. The molecule has 0 saturated heterocycles. The zero-order valence-electron chi connectivity index (χ0n) is 24.1. The summed E-state index contributed by atoms with van der Waals surface area (Å²) in [6.07, 6.45) is -0.436. The predicted octanol–water partition coefficient (Wildman–Crippen LogP) is 4.61. The van der Waals surface area contributed by atoms with Crippen LogP contribution in [0.15, 0.2) is 30.3 Å². The number of aromatic nitrogens is 5. The molecule has 40 heavy (non-hydrogen) atoms. The average Bonchev–Trinajstić information content (AvgIpc) is 3.40. The van der Waals surface area contributed by atoms with Gasteiger partial charge in [0.25, 0.3) is 5.91 Å². The molecule has 1 unspecified atom stereocenters. The number of tetrazole rings is 1. The number of anilines is 1. The Labute approximate surface area is 234 Å². The lowest BCUT2D eigenvalue weighted by atomic mass is 9.96. The van der Waals surface area contributed by atoms with Crippen LogP contribution in [0.25, 0.3) is 11.5 Å². The van der Waals surface area contributed by atoms with E-state index in [1.807, 2.05) is 6.92 Å². The van der Waals surface area contributed by atoms with Gasteiger partial charge in [0.1, 0.15) is 17.3 Å². The highest BCUT2D eigenvalue weighted by Gasteiger charge is 2.37. The van der Waals surface area contributed by atoms with E-state index in [0.29, 0.717) is 48.2 Å². The van der Waals surface area contributed by atoms with Gasteiger partial charge in [-0.15, -0.1) is 5.10 Å². The lowest BCUT2D eigenvalue weighted by molar-refractivity contribution is 0.102. The molecule has 3 aromatic rings. The number of hydrogen-bond donors (Lipinski definition) is 2. The standard InChI is InChI=1S/C27H37N7O5Si/c1-17(16-39-40(6,7)27(2,3)4)34-24(30-31-32-34)21-9-8-10-23(28-21)29-25(35)20-13-19-15-33(26(36)37)12-11-18(19)14-22(20)38-5/h8-10,13-14,17H,11-12,15-16H2,1-7H3,(H,36,37)(H,28,29,35). The van der Waals surface area contributed by atoms with E-state index in [-0.39, 0.29) is 17.6 Å². The molecule has 0 radical (unpaired) electrons. The lowest BCUT2D eigenvalue weighted by Crippen LogP contribution is -2.42. The molecule has 0 aliphatic carbocycles. The number of hydrogen-bond acceptors (Lipinski definition) is 8. The lowest BCUT2D eigenvalue weighted by Gasteiger charge is -2.36. The summed E-state index contributed by atoms with van der Waals surface area (Å²) in [7, 11) is -0.451. The normalized spacial score (nSPS) is 14.4. The highest BCUT2D eigenvalue weighted by molar-refractivity contribution is 6.74. The molecule has 0 fully saturated rings. The third-order valence-electron chi connectivity index (χ3n) is 7.67. The monoisotopic (exact) mass is 567 g/mol. The van der Waals surface area contributed by atoms with E-state index in [9.17, 15) is 14.7 Å². The fraction of sp³-hybridized carbons (Fsp3) is 0.481. The molecule has 0 saturated carbocycles. The van der Waals surface area contributed by atoms with Crippen molar-refractivity contribution in [1.29, 1.82) is 0 Å². The van der Waals surface area contributed by atoms with Crippen LogP contribution in [0, 0.1) is 0 Å². The number of rotatable bonds is 8. The van der Waals surface area contributed by atoms with Gasteiger partial charge in [0.2, 0.25) is 5.82 Å². The summed E-state index contributed by atoms with van der Waals surface area (Å²) in [6, 6.07) is 8.57. The predicted molar refractivity (Wildman–Crippen MR) is 152 cm³/mol. The first-order valence-electron chi connectivity index (χ1n) is 13.2. The van der Waals surface area contributed by atoms with E-state index >= 15 is 0 Å². The van der Waals surface area contributed by atoms with Crippen molar-refractivity contribution in [1.82, 2.24) is 30.1 Å². The molecule has 12 nitrogen and oxygen atoms in total. The van der Waals surface area contributed by atoms with Crippen LogP contribution in [-0.4, -0.2) is 75.8 Å². The highest BCUT2D eigenvalue weighted by atomic mass is 28.4. The van der Waals surface area contributed by atoms with Crippen molar-refractivity contribution in [2.75, 3.05) is 25.6 Å². The molecule has 214 valence electrons. The van der Waals surface area contributed by atoms with Gasteiger partial charge in [0.15, 0.2) is 8.32 Å². The molecular formula is C27H37N7O5Si. The molecule has 3 heterocycles. The van der Waals surface area contributed by atoms with Crippen LogP contribution in [0.2, 0.25) is 18.1 Å². The number of fused-ring (bicyclic) bond motifs is 1. The van der Waals surface area contributed by atoms with Gasteiger partial charge < -0.3 is 24.5 Å². The second kappa shape index (κ2) is 11.3. The summed E-state index contributed by atoms with van der Waals surface area (Å²) in [5.41, 5.74) is 2.53. The Hall–Kier alpha value is -3.84. The Morgan fingerprint density at radius 1 is 1.20 bits per heavy atom. The smallest absolute Gasteiger partial charge is 0.407 e. The number of benzene rings is 1. The number of carbonyl (C=O) groups excluding carboxylic acids is 1. The number of carbonyl (C=O) groups is 2. The molecule has 1 aliphatic rings. The third kappa shape index (κ3) is 6.15. The fourth-order valence-electron chi connectivity index (χ4n) is 4.18. The average molecular weight is 568 g/mol. The number of amides is 2. The van der Waals surface area contributed by atoms with Gasteiger partial charge in [-0.2, -0.15) is 0 Å². The van der Waals surface area contributed by atoms with Gasteiger partial charge in [-0.3, -0.25) is 4.79 Å². The quantitative estimate of drug-likeness (QED) is 0.373. The molecule has 4 rings (SSSR count). The number of nitrogens with zero attached hydrogens (tertiary/aromatic N) is 6. The Morgan fingerprint density at radius 2 is 1.95 bits per heavy atom. The van der Waals surface area contributed by atoms with Crippen LogP contribution in [-0.2, 0) is 17.4 Å². The summed E-state index contributed by atoms with van der Waals surface area (Å²) >= 11 is 0. The molecule has 1 atom stereocenters. The summed E-state index contributed by atoms with van der Waals surface area (Å²) in [4.78, 5) is 30.7. The van der Waals surface area contributed by atoms with Crippen molar-refractivity contribution in [2.45, 2.75) is 64.8 Å². The van der Waals surface area contributed by atoms with Crippen molar-refractivity contribution in [2.24, 2.45) is 0 Å². The van der Waals surface area contributed by atoms with Crippen LogP contribution in [0.1, 0.15) is 55.2 Å². The first-order chi connectivity index (χ1) is 18.8. The van der Waals surface area contributed by atoms with E-state index in [4.69, 9.17) is 9.16 Å². The summed E-state index contributed by atoms with van der Waals surface area (Å²) in [5, 5.41) is 24.5. The number of carboxylic acid groups (broad SMARTS) is 1. The second-order valence-corrected chi connectivity index (χ2v) is 16.3. The van der Waals surface area contributed by atoms with Crippen molar-refractivity contribution in [3.05, 3.63) is 47.0 Å². The van der Waals surface area contributed by atoms with Crippen molar-refractivity contribution >= 4 is 26.1 Å². The molecule has 13 heteroatoms. The minimum atomic E-state index is -1.95. The first kappa shape index (κ1) is 29.1. The molecule has 0 spiro atoms. The highest BCUT2D eigenvalue weighted by Crippen LogP contribution is 2.37. The topological polar surface area (TPSA) is 145 Å². The van der Waals surface area contributed by atoms with Crippen LogP contribution in [0.4, 0.5) is 10.6 Å². The molecule has 0 bridgehead atoms. The Bertz CT molecular complexity index is 1400. The van der Waals surface area contributed by atoms with Gasteiger partial charge in [0, 0.05) is 13.1 Å². The van der Waals surface area contributed by atoms with Crippen LogP contribution in [0.5, 0.6) is 5.75 Å². The Kier molecular flexibility index (Phi) is 8.26. The largest absolute Gasteiger partial charge is 0.496 e. The van der Waals surface area contributed by atoms with Crippen molar-refractivity contribution < 1.29 is 23.9 Å². The summed E-state index contributed by atoms with van der Waals surface area (Å²) in [5.74, 6) is 0.764. The van der Waals surface area contributed by atoms with Gasteiger partial charge in [-0.05, 0) is 77.3 Å². The first-order valence-corrected chi connectivity index (χ1v) is 16.1. The third-order valence-corrected chi connectivity index (χ3v) is 12.2. The Balaban J connectivity index is 1.53. The van der Waals surface area contributed by atoms with Gasteiger partial charge in [-0.1, -0.05) is 26.8 Å². The molecule has 2 N–H and O–H groups in total. The number of ether oxygens (including phenoxy) is 1. The van der Waals surface area contributed by atoms with Crippen LogP contribution >= 0.6 is 0 Å². The van der Waals surface area contributed by atoms with E-state index in [1.54, 1.807) is 35.0 Å². The second-order valence-electron chi connectivity index (χ2n) is 11.5. The molecule has 1 aliphatic heterocycles. The molecule has 2 amide bonds. The SMILES string of the molecule is COc1cc2c(cc1C(=O)Nc1cccc(-c3nnnn3C(C)CO[Si](C)(C)C(C)(C)C)n1)CN(C(=O)O)CC2. The zero-order valence-corrected chi connectivity index (χ0v) is 25.1. The minimum absolute atomic E-state index is 0.0840. The van der Waals surface area contributed by atoms with Gasteiger partial charge >= 0.3 is 6.09 Å². The van der Waals surface area contributed by atoms with E-state index in [0.717, 1.165) is 11.1 Å².